The lowest BCUT2D eigenvalue weighted by atomic mass is 10.1. The predicted octanol–water partition coefficient (Wildman–Crippen LogP) is 3.20. The second-order valence-corrected chi connectivity index (χ2v) is 5.11. The molecule has 7 heteroatoms. The Hall–Kier alpha value is -2.83. The number of hydrogen-bond donors (Lipinski definition) is 1. The van der Waals surface area contributed by atoms with Gasteiger partial charge >= 0.3 is 6.18 Å². The summed E-state index contributed by atoms with van der Waals surface area (Å²) in [5.74, 6) is -0.691. The van der Waals surface area contributed by atoms with Crippen molar-refractivity contribution in [2.75, 3.05) is 0 Å². The van der Waals surface area contributed by atoms with E-state index in [1.54, 1.807) is 29.1 Å². The Morgan fingerprint density at radius 3 is 2.43 bits per heavy atom. The van der Waals surface area contributed by atoms with Crippen molar-refractivity contribution in [2.45, 2.75) is 12.7 Å². The number of amides is 1. The number of hydrogen-bond acceptors (Lipinski definition) is 2. The minimum absolute atomic E-state index is 0.163. The van der Waals surface area contributed by atoms with E-state index >= 15 is 0 Å². The lowest BCUT2D eigenvalue weighted by molar-refractivity contribution is -0.137. The fourth-order valence-corrected chi connectivity index (χ4v) is 2.49. The largest absolute Gasteiger partial charge is 0.416 e. The molecule has 0 aliphatic heterocycles. The average molecular weight is 319 g/mol. The Labute approximate surface area is 129 Å². The molecular weight excluding hydrogens is 307 g/mol. The van der Waals surface area contributed by atoms with Gasteiger partial charge < -0.3 is 10.3 Å². The molecule has 0 fully saturated rings. The summed E-state index contributed by atoms with van der Waals surface area (Å²) in [7, 11) is 0. The number of fused-ring (bicyclic) bond motifs is 1. The first kappa shape index (κ1) is 15.1. The van der Waals surface area contributed by atoms with E-state index < -0.39 is 17.6 Å². The molecule has 1 amide bonds. The third-order valence-electron chi connectivity index (χ3n) is 3.57. The highest BCUT2D eigenvalue weighted by Gasteiger charge is 2.31. The lowest BCUT2D eigenvalue weighted by Crippen LogP contribution is -2.17. The first-order chi connectivity index (χ1) is 10.9. The third-order valence-corrected chi connectivity index (χ3v) is 3.57. The summed E-state index contributed by atoms with van der Waals surface area (Å²) in [6.07, 6.45) is -1.23. The van der Waals surface area contributed by atoms with E-state index in [-0.39, 0.29) is 5.69 Å². The molecule has 4 nitrogen and oxygen atoms in total. The van der Waals surface area contributed by atoms with Gasteiger partial charge in [0.1, 0.15) is 5.69 Å². The lowest BCUT2D eigenvalue weighted by Gasteiger charge is -2.10. The number of nitrogens with two attached hydrogens (primary N) is 1. The van der Waals surface area contributed by atoms with E-state index in [2.05, 4.69) is 4.98 Å². The molecule has 2 aromatic heterocycles. The highest BCUT2D eigenvalue weighted by Crippen LogP contribution is 2.32. The molecule has 0 unspecified atom stereocenters. The van der Waals surface area contributed by atoms with Crippen LogP contribution in [-0.4, -0.2) is 15.5 Å². The topological polar surface area (TPSA) is 60.9 Å². The van der Waals surface area contributed by atoms with Crippen molar-refractivity contribution in [2.24, 2.45) is 5.73 Å². The molecule has 0 radical (unpaired) electrons. The highest BCUT2D eigenvalue weighted by molar-refractivity contribution is 5.98. The second-order valence-electron chi connectivity index (χ2n) is 5.11. The van der Waals surface area contributed by atoms with Crippen molar-refractivity contribution < 1.29 is 18.0 Å². The van der Waals surface area contributed by atoms with Crippen LogP contribution in [0.25, 0.3) is 10.9 Å². The maximum Gasteiger partial charge on any atom is 0.416 e. The predicted molar refractivity (Wildman–Crippen MR) is 78.8 cm³/mol. The normalized spacial score (nSPS) is 11.8. The Morgan fingerprint density at radius 1 is 1.13 bits per heavy atom. The Morgan fingerprint density at radius 2 is 1.83 bits per heavy atom. The zero-order chi connectivity index (χ0) is 16.6. The van der Waals surface area contributed by atoms with Crippen molar-refractivity contribution in [3.05, 3.63) is 65.6 Å². The van der Waals surface area contributed by atoms with Crippen LogP contribution in [0.15, 0.2) is 48.8 Å². The van der Waals surface area contributed by atoms with Crippen LogP contribution in [0.4, 0.5) is 13.2 Å². The number of carbonyl (C=O) groups excluding carboxylic acids is 1. The molecule has 0 atom stereocenters. The molecule has 1 aromatic carbocycles. The fraction of sp³-hybridized carbons (Fsp3) is 0.125. The molecule has 0 saturated carbocycles. The summed E-state index contributed by atoms with van der Waals surface area (Å²) in [6.45, 7) is 0.315. The fourth-order valence-electron chi connectivity index (χ4n) is 2.49. The SMILES string of the molecule is NC(=O)c1cc2cc(C(F)(F)F)ccc2n1Cc1ccncc1. The van der Waals surface area contributed by atoms with Crippen molar-refractivity contribution in [1.82, 2.24) is 9.55 Å². The van der Waals surface area contributed by atoms with E-state index in [1.165, 1.54) is 12.1 Å². The minimum Gasteiger partial charge on any atom is -0.364 e. The van der Waals surface area contributed by atoms with Crippen LogP contribution in [0.5, 0.6) is 0 Å². The molecule has 0 spiro atoms. The molecule has 0 saturated heterocycles. The molecule has 0 bridgehead atoms. The van der Waals surface area contributed by atoms with Crippen molar-refractivity contribution in [3.63, 3.8) is 0 Å². The standard InChI is InChI=1S/C16H12F3N3O/c17-16(18,19)12-1-2-13-11(7-12)8-14(15(20)23)22(13)9-10-3-5-21-6-4-10/h1-8H,9H2,(H2,20,23). The third kappa shape index (κ3) is 2.90. The number of alkyl halides is 3. The Kier molecular flexibility index (Phi) is 3.55. The van der Waals surface area contributed by atoms with Gasteiger partial charge in [0.05, 0.1) is 5.56 Å². The number of primary amides is 1. The van der Waals surface area contributed by atoms with Crippen LogP contribution >= 0.6 is 0 Å². The van der Waals surface area contributed by atoms with Crippen LogP contribution in [0.2, 0.25) is 0 Å². The van der Waals surface area contributed by atoms with Gasteiger partial charge in [0, 0.05) is 29.8 Å². The summed E-state index contributed by atoms with van der Waals surface area (Å²) in [6, 6.07) is 8.28. The van der Waals surface area contributed by atoms with Crippen molar-refractivity contribution in [3.8, 4) is 0 Å². The van der Waals surface area contributed by atoms with E-state index in [0.29, 0.717) is 17.4 Å². The molecule has 118 valence electrons. The molecule has 0 aliphatic rings. The number of rotatable bonds is 3. The number of nitrogens with zero attached hydrogens (tertiary/aromatic N) is 2. The minimum atomic E-state index is -4.44. The van der Waals surface area contributed by atoms with Gasteiger partial charge in [-0.05, 0) is 42.0 Å². The van der Waals surface area contributed by atoms with Gasteiger partial charge in [0.2, 0.25) is 0 Å². The first-order valence-corrected chi connectivity index (χ1v) is 6.75. The van der Waals surface area contributed by atoms with Crippen molar-refractivity contribution in [1.29, 1.82) is 0 Å². The van der Waals surface area contributed by atoms with Crippen molar-refractivity contribution >= 4 is 16.8 Å². The molecular formula is C16H12F3N3O. The summed E-state index contributed by atoms with van der Waals surface area (Å²) in [5.41, 5.74) is 6.14. The first-order valence-electron chi connectivity index (χ1n) is 6.75. The van der Waals surface area contributed by atoms with Gasteiger partial charge in [0.15, 0.2) is 0 Å². The maximum atomic E-state index is 12.8. The van der Waals surface area contributed by atoms with Crippen LogP contribution in [0, 0.1) is 0 Å². The zero-order valence-corrected chi connectivity index (χ0v) is 11.8. The highest BCUT2D eigenvalue weighted by atomic mass is 19.4. The number of carbonyl (C=O) groups is 1. The van der Waals surface area contributed by atoms with Crippen LogP contribution in [0.3, 0.4) is 0 Å². The summed E-state index contributed by atoms with van der Waals surface area (Å²) in [4.78, 5) is 15.5. The number of halogens is 3. The average Bonchev–Trinajstić information content (AvgIpc) is 2.86. The van der Waals surface area contributed by atoms with Gasteiger partial charge in [-0.25, -0.2) is 0 Å². The van der Waals surface area contributed by atoms with Gasteiger partial charge in [-0.15, -0.1) is 0 Å². The molecule has 0 aliphatic carbocycles. The smallest absolute Gasteiger partial charge is 0.364 e. The summed E-state index contributed by atoms with van der Waals surface area (Å²) < 4.78 is 40.1. The number of benzene rings is 1. The summed E-state index contributed by atoms with van der Waals surface area (Å²) >= 11 is 0. The van der Waals surface area contributed by atoms with Crippen LogP contribution in [-0.2, 0) is 12.7 Å². The monoisotopic (exact) mass is 319 g/mol. The molecule has 23 heavy (non-hydrogen) atoms. The van der Waals surface area contributed by atoms with E-state index in [4.69, 9.17) is 5.73 Å². The molecule has 3 aromatic rings. The van der Waals surface area contributed by atoms with Gasteiger partial charge in [-0.2, -0.15) is 13.2 Å². The molecule has 3 rings (SSSR count). The maximum absolute atomic E-state index is 12.8. The second kappa shape index (κ2) is 5.42. The van der Waals surface area contributed by atoms with E-state index in [1.807, 2.05) is 0 Å². The van der Waals surface area contributed by atoms with E-state index in [9.17, 15) is 18.0 Å². The van der Waals surface area contributed by atoms with Gasteiger partial charge in [-0.1, -0.05) is 0 Å². The Bertz CT molecular complexity index is 869. The quantitative estimate of drug-likeness (QED) is 0.806. The number of pyridine rings is 1. The van der Waals surface area contributed by atoms with E-state index in [0.717, 1.165) is 17.7 Å². The van der Waals surface area contributed by atoms with Crippen LogP contribution < -0.4 is 5.73 Å². The van der Waals surface area contributed by atoms with Gasteiger partial charge in [0.25, 0.3) is 5.91 Å². The zero-order valence-electron chi connectivity index (χ0n) is 11.8. The Balaban J connectivity index is 2.15. The van der Waals surface area contributed by atoms with Crippen LogP contribution in [0.1, 0.15) is 21.6 Å². The van der Waals surface area contributed by atoms with Gasteiger partial charge in [-0.3, -0.25) is 9.78 Å². The summed E-state index contributed by atoms with van der Waals surface area (Å²) in [5, 5.41) is 0.322. The number of aromatic nitrogens is 2. The molecule has 2 N–H and O–H groups in total. The molecule has 2 heterocycles.